The minimum absolute atomic E-state index is 0.389. The summed E-state index contributed by atoms with van der Waals surface area (Å²) in [4.78, 5) is 0. The van der Waals surface area contributed by atoms with Gasteiger partial charge in [-0.15, -0.1) is 0 Å². The van der Waals surface area contributed by atoms with E-state index in [0.29, 0.717) is 23.9 Å². The maximum Gasteiger partial charge on any atom is 0.138 e. The van der Waals surface area contributed by atoms with Gasteiger partial charge in [0.1, 0.15) is 18.1 Å². The van der Waals surface area contributed by atoms with Gasteiger partial charge in [0.05, 0.1) is 12.1 Å². The standard InChI is InChI=1S/C16H18ClNO2/c1-11-3-5-14(17)16(7-11)20-10-13-8-12(9-18)4-6-15(13)19-2/h3-8H,9-10,18H2,1-2H3. The number of benzene rings is 2. The highest BCUT2D eigenvalue weighted by atomic mass is 35.5. The minimum Gasteiger partial charge on any atom is -0.496 e. The molecule has 2 rings (SSSR count). The molecule has 2 N–H and O–H groups in total. The van der Waals surface area contributed by atoms with E-state index in [0.717, 1.165) is 22.4 Å². The highest BCUT2D eigenvalue weighted by Gasteiger charge is 2.07. The number of nitrogens with two attached hydrogens (primary N) is 1. The van der Waals surface area contributed by atoms with Crippen molar-refractivity contribution in [3.05, 3.63) is 58.1 Å². The Kier molecular flexibility index (Phi) is 4.88. The van der Waals surface area contributed by atoms with Gasteiger partial charge in [-0.2, -0.15) is 0 Å². The van der Waals surface area contributed by atoms with Crippen molar-refractivity contribution >= 4 is 11.6 Å². The molecule has 0 bridgehead atoms. The molecule has 0 amide bonds. The van der Waals surface area contributed by atoms with E-state index in [9.17, 15) is 0 Å². The lowest BCUT2D eigenvalue weighted by Gasteiger charge is -2.13. The van der Waals surface area contributed by atoms with E-state index in [-0.39, 0.29) is 0 Å². The van der Waals surface area contributed by atoms with Crippen LogP contribution in [0.25, 0.3) is 0 Å². The zero-order valence-electron chi connectivity index (χ0n) is 11.7. The van der Waals surface area contributed by atoms with Crippen molar-refractivity contribution in [2.45, 2.75) is 20.1 Å². The highest BCUT2D eigenvalue weighted by Crippen LogP contribution is 2.28. The van der Waals surface area contributed by atoms with Crippen molar-refractivity contribution < 1.29 is 9.47 Å². The molecular formula is C16H18ClNO2. The van der Waals surface area contributed by atoms with Crippen LogP contribution < -0.4 is 15.2 Å². The Bertz CT molecular complexity index is 599. The van der Waals surface area contributed by atoms with Gasteiger partial charge in [-0.1, -0.05) is 23.7 Å². The second kappa shape index (κ2) is 6.64. The Hall–Kier alpha value is -1.71. The van der Waals surface area contributed by atoms with Crippen LogP contribution in [0.4, 0.5) is 0 Å². The van der Waals surface area contributed by atoms with Crippen LogP contribution in [0.5, 0.6) is 11.5 Å². The SMILES string of the molecule is COc1ccc(CN)cc1COc1cc(C)ccc1Cl. The van der Waals surface area contributed by atoms with Crippen LogP contribution in [0.15, 0.2) is 36.4 Å². The molecule has 106 valence electrons. The fraction of sp³-hybridized carbons (Fsp3) is 0.250. The maximum atomic E-state index is 6.12. The van der Waals surface area contributed by atoms with E-state index in [1.54, 1.807) is 7.11 Å². The van der Waals surface area contributed by atoms with E-state index >= 15 is 0 Å². The normalized spacial score (nSPS) is 10.4. The predicted molar refractivity (Wildman–Crippen MR) is 81.4 cm³/mol. The smallest absolute Gasteiger partial charge is 0.138 e. The molecule has 0 fully saturated rings. The molecule has 0 aliphatic rings. The second-order valence-corrected chi connectivity index (χ2v) is 4.98. The number of hydrogen-bond donors (Lipinski definition) is 1. The summed E-state index contributed by atoms with van der Waals surface area (Å²) in [5.74, 6) is 1.46. The number of halogens is 1. The van der Waals surface area contributed by atoms with Gasteiger partial charge in [0, 0.05) is 12.1 Å². The van der Waals surface area contributed by atoms with Crippen molar-refractivity contribution in [3.63, 3.8) is 0 Å². The molecule has 20 heavy (non-hydrogen) atoms. The van der Waals surface area contributed by atoms with Gasteiger partial charge >= 0.3 is 0 Å². The Morgan fingerprint density at radius 2 is 1.90 bits per heavy atom. The second-order valence-electron chi connectivity index (χ2n) is 4.57. The van der Waals surface area contributed by atoms with Gasteiger partial charge in [-0.05, 0) is 42.3 Å². The minimum atomic E-state index is 0.389. The Morgan fingerprint density at radius 3 is 2.60 bits per heavy atom. The van der Waals surface area contributed by atoms with Crippen molar-refractivity contribution in [1.82, 2.24) is 0 Å². The summed E-state index contributed by atoms with van der Waals surface area (Å²) in [6.45, 7) is 2.88. The lowest BCUT2D eigenvalue weighted by Crippen LogP contribution is -2.03. The number of ether oxygens (including phenoxy) is 2. The lowest BCUT2D eigenvalue weighted by atomic mass is 10.1. The van der Waals surface area contributed by atoms with Gasteiger partial charge in [0.15, 0.2) is 0 Å². The summed E-state index contributed by atoms with van der Waals surface area (Å²) in [5.41, 5.74) is 8.76. The molecular weight excluding hydrogens is 274 g/mol. The zero-order chi connectivity index (χ0) is 14.5. The number of hydrogen-bond acceptors (Lipinski definition) is 3. The van der Waals surface area contributed by atoms with Crippen LogP contribution in [0, 0.1) is 6.92 Å². The molecule has 0 saturated heterocycles. The van der Waals surface area contributed by atoms with E-state index in [4.69, 9.17) is 26.8 Å². The molecule has 2 aromatic rings. The summed E-state index contributed by atoms with van der Waals surface area (Å²) < 4.78 is 11.1. The fourth-order valence-corrected chi connectivity index (χ4v) is 2.12. The number of rotatable bonds is 5. The van der Waals surface area contributed by atoms with Crippen LogP contribution in [-0.2, 0) is 13.2 Å². The first-order valence-electron chi connectivity index (χ1n) is 6.39. The van der Waals surface area contributed by atoms with E-state index in [2.05, 4.69) is 0 Å². The summed E-state index contributed by atoms with van der Waals surface area (Å²) >= 11 is 6.12. The first-order valence-corrected chi connectivity index (χ1v) is 6.76. The molecule has 0 heterocycles. The van der Waals surface area contributed by atoms with Crippen LogP contribution in [0.3, 0.4) is 0 Å². The van der Waals surface area contributed by atoms with Gasteiger partial charge < -0.3 is 15.2 Å². The molecule has 0 radical (unpaired) electrons. The zero-order valence-corrected chi connectivity index (χ0v) is 12.4. The topological polar surface area (TPSA) is 44.5 Å². The third kappa shape index (κ3) is 3.44. The molecule has 0 spiro atoms. The van der Waals surface area contributed by atoms with Crippen LogP contribution in [-0.4, -0.2) is 7.11 Å². The van der Waals surface area contributed by atoms with Crippen molar-refractivity contribution in [2.75, 3.05) is 7.11 Å². The maximum absolute atomic E-state index is 6.12. The Balaban J connectivity index is 2.19. The molecule has 0 atom stereocenters. The van der Waals surface area contributed by atoms with E-state index < -0.39 is 0 Å². The number of methoxy groups -OCH3 is 1. The fourth-order valence-electron chi connectivity index (χ4n) is 1.95. The third-order valence-corrected chi connectivity index (χ3v) is 3.36. The first kappa shape index (κ1) is 14.7. The molecule has 4 heteroatoms. The predicted octanol–water partition coefficient (Wildman–Crippen LogP) is 3.69. The van der Waals surface area contributed by atoms with Gasteiger partial charge in [-0.3, -0.25) is 0 Å². The lowest BCUT2D eigenvalue weighted by molar-refractivity contribution is 0.296. The quantitative estimate of drug-likeness (QED) is 0.913. The van der Waals surface area contributed by atoms with Gasteiger partial charge in [-0.25, -0.2) is 0 Å². The summed E-state index contributed by atoms with van der Waals surface area (Å²) in [6, 6.07) is 11.5. The van der Waals surface area contributed by atoms with Crippen LogP contribution in [0.1, 0.15) is 16.7 Å². The molecule has 0 saturated carbocycles. The molecule has 2 aromatic carbocycles. The average molecular weight is 292 g/mol. The molecule has 3 nitrogen and oxygen atoms in total. The monoisotopic (exact) mass is 291 g/mol. The average Bonchev–Trinajstić information content (AvgIpc) is 2.47. The summed E-state index contributed by atoms with van der Waals surface area (Å²) in [7, 11) is 1.64. The largest absolute Gasteiger partial charge is 0.496 e. The van der Waals surface area contributed by atoms with Crippen LogP contribution in [0.2, 0.25) is 5.02 Å². The van der Waals surface area contributed by atoms with Crippen LogP contribution >= 0.6 is 11.6 Å². The first-order chi connectivity index (χ1) is 9.63. The molecule has 0 aromatic heterocycles. The molecule has 0 aliphatic carbocycles. The van der Waals surface area contributed by atoms with Gasteiger partial charge in [0.2, 0.25) is 0 Å². The summed E-state index contributed by atoms with van der Waals surface area (Å²) in [6.07, 6.45) is 0. The molecule has 0 aliphatic heterocycles. The number of aryl methyl sites for hydroxylation is 1. The third-order valence-electron chi connectivity index (χ3n) is 3.05. The van der Waals surface area contributed by atoms with Crippen molar-refractivity contribution in [1.29, 1.82) is 0 Å². The Morgan fingerprint density at radius 1 is 1.10 bits per heavy atom. The van der Waals surface area contributed by atoms with Crippen molar-refractivity contribution in [3.8, 4) is 11.5 Å². The molecule has 0 unspecified atom stereocenters. The van der Waals surface area contributed by atoms with E-state index in [1.807, 2.05) is 43.3 Å². The van der Waals surface area contributed by atoms with Crippen molar-refractivity contribution in [2.24, 2.45) is 5.73 Å². The highest BCUT2D eigenvalue weighted by molar-refractivity contribution is 6.32. The van der Waals surface area contributed by atoms with E-state index in [1.165, 1.54) is 0 Å². The Labute approximate surface area is 124 Å². The van der Waals surface area contributed by atoms with Gasteiger partial charge in [0.25, 0.3) is 0 Å². The summed E-state index contributed by atoms with van der Waals surface area (Å²) in [5, 5.41) is 0.601.